The van der Waals surface area contributed by atoms with Crippen LogP contribution in [0.25, 0.3) is 21.9 Å². The van der Waals surface area contributed by atoms with Gasteiger partial charge < -0.3 is 9.26 Å². The highest BCUT2D eigenvalue weighted by molar-refractivity contribution is 7.93. The van der Waals surface area contributed by atoms with Crippen molar-refractivity contribution in [1.82, 2.24) is 10.1 Å². The molecule has 3 aromatic carbocycles. The van der Waals surface area contributed by atoms with Gasteiger partial charge >= 0.3 is 0 Å². The molecule has 5 rings (SSSR count). The molecule has 0 unspecified atom stereocenters. The Kier molecular flexibility index (Phi) is 5.74. The molecule has 0 atom stereocenters. The van der Waals surface area contributed by atoms with Gasteiger partial charge in [-0.2, -0.15) is 0 Å². The van der Waals surface area contributed by atoms with Crippen LogP contribution in [0.4, 0.5) is 11.5 Å². The van der Waals surface area contributed by atoms with Crippen molar-refractivity contribution in [2.45, 2.75) is 18.7 Å². The summed E-state index contributed by atoms with van der Waals surface area (Å²) in [4.78, 5) is 4.21. The summed E-state index contributed by atoms with van der Waals surface area (Å²) in [7, 11) is -2.57. The third-order valence-corrected chi connectivity index (χ3v) is 7.57. The molecule has 0 amide bonds. The van der Waals surface area contributed by atoms with Gasteiger partial charge in [0.2, 0.25) is 0 Å². The van der Waals surface area contributed by atoms with Gasteiger partial charge in [0.25, 0.3) is 10.0 Å². The largest absolute Gasteiger partial charge is 0.495 e. The molecule has 0 N–H and O–H groups in total. The van der Waals surface area contributed by atoms with E-state index in [1.807, 2.05) is 38.1 Å². The summed E-state index contributed by atoms with van der Waals surface area (Å²) in [6.45, 7) is 3.97. The third kappa shape index (κ3) is 4.13. The molecule has 0 spiro atoms. The minimum absolute atomic E-state index is 0.113. The number of hydrogen-bond donors (Lipinski definition) is 0. The molecule has 0 radical (unpaired) electrons. The van der Waals surface area contributed by atoms with Gasteiger partial charge in [0.05, 0.1) is 12.0 Å². The van der Waals surface area contributed by atoms with Crippen molar-refractivity contribution in [2.75, 3.05) is 11.4 Å². The highest BCUT2D eigenvalue weighted by atomic mass is 32.2. The van der Waals surface area contributed by atoms with Crippen molar-refractivity contribution in [1.29, 1.82) is 0 Å². The Morgan fingerprint density at radius 3 is 2.54 bits per heavy atom. The fourth-order valence-corrected chi connectivity index (χ4v) is 5.60. The van der Waals surface area contributed by atoms with E-state index in [4.69, 9.17) is 9.26 Å². The first kappa shape index (κ1) is 22.6. The number of aromatic nitrogens is 2. The second-order valence-electron chi connectivity index (χ2n) is 8.22. The maximum Gasteiger partial charge on any atom is 0.270 e. The van der Waals surface area contributed by atoms with Crippen LogP contribution in [0, 0.1) is 13.8 Å². The fourth-order valence-electron chi connectivity index (χ4n) is 4.13. The number of sulfonamides is 1. The molecule has 35 heavy (non-hydrogen) atoms. The molecule has 2 aromatic heterocycles. The Hall–Kier alpha value is -4.17. The quantitative estimate of drug-likeness (QED) is 0.291. The molecule has 0 bridgehead atoms. The number of methoxy groups -OCH3 is 1. The first-order valence-electron chi connectivity index (χ1n) is 10.9. The van der Waals surface area contributed by atoms with Gasteiger partial charge in [-0.1, -0.05) is 41.1 Å². The van der Waals surface area contributed by atoms with Crippen molar-refractivity contribution in [3.8, 4) is 16.9 Å². The van der Waals surface area contributed by atoms with Crippen molar-refractivity contribution in [3.05, 3.63) is 96.5 Å². The lowest BCUT2D eigenvalue weighted by Gasteiger charge is -2.25. The number of nitrogens with zero attached hydrogens (tertiary/aromatic N) is 3. The van der Waals surface area contributed by atoms with Crippen molar-refractivity contribution in [3.63, 3.8) is 0 Å². The number of anilines is 2. The van der Waals surface area contributed by atoms with Crippen LogP contribution < -0.4 is 9.04 Å². The van der Waals surface area contributed by atoms with E-state index in [1.165, 1.54) is 19.4 Å². The van der Waals surface area contributed by atoms with E-state index in [0.29, 0.717) is 11.4 Å². The van der Waals surface area contributed by atoms with Gasteiger partial charge in [-0.15, -0.1) is 0 Å². The zero-order valence-electron chi connectivity index (χ0n) is 19.5. The minimum Gasteiger partial charge on any atom is -0.495 e. The summed E-state index contributed by atoms with van der Waals surface area (Å²) >= 11 is 0. The summed E-state index contributed by atoms with van der Waals surface area (Å²) in [5.74, 6) is 0.518. The maximum absolute atomic E-state index is 14.0. The van der Waals surface area contributed by atoms with E-state index < -0.39 is 10.0 Å². The van der Waals surface area contributed by atoms with E-state index in [1.54, 1.807) is 42.7 Å². The van der Waals surface area contributed by atoms with Gasteiger partial charge in [-0.25, -0.2) is 12.7 Å². The molecule has 5 aromatic rings. The van der Waals surface area contributed by atoms with Crippen LogP contribution in [-0.2, 0) is 10.0 Å². The lowest BCUT2D eigenvalue weighted by Crippen LogP contribution is -2.27. The number of hydrogen-bond acceptors (Lipinski definition) is 6. The first-order chi connectivity index (χ1) is 16.9. The van der Waals surface area contributed by atoms with Gasteiger partial charge in [0.1, 0.15) is 17.7 Å². The highest BCUT2D eigenvalue weighted by Gasteiger charge is 2.32. The molecule has 0 aliphatic heterocycles. The summed E-state index contributed by atoms with van der Waals surface area (Å²) in [6, 6.07) is 20.0. The molecule has 8 heteroatoms. The first-order valence-corrected chi connectivity index (χ1v) is 12.4. The maximum atomic E-state index is 14.0. The highest BCUT2D eigenvalue weighted by Crippen LogP contribution is 2.42. The molecular weight excluding hydrogens is 462 g/mol. The number of fused-ring (bicyclic) bond motifs is 1. The topological polar surface area (TPSA) is 85.5 Å². The summed E-state index contributed by atoms with van der Waals surface area (Å²) in [5, 5.41) is 5.56. The van der Waals surface area contributed by atoms with Crippen LogP contribution in [-0.4, -0.2) is 25.7 Å². The van der Waals surface area contributed by atoms with Gasteiger partial charge in [-0.3, -0.25) is 4.98 Å². The number of ether oxygens (including phenoxy) is 1. The Morgan fingerprint density at radius 1 is 0.943 bits per heavy atom. The Balaban J connectivity index is 1.71. The van der Waals surface area contributed by atoms with Crippen LogP contribution in [0.2, 0.25) is 0 Å². The molecule has 0 fully saturated rings. The molecule has 7 nitrogen and oxygen atoms in total. The fraction of sp³-hybridized carbons (Fsp3) is 0.111. The van der Waals surface area contributed by atoms with E-state index in [-0.39, 0.29) is 10.7 Å². The molecule has 0 aliphatic carbocycles. The van der Waals surface area contributed by atoms with Crippen LogP contribution in [0.15, 0.2) is 94.8 Å². The van der Waals surface area contributed by atoms with Crippen LogP contribution in [0.3, 0.4) is 0 Å². The molecule has 0 aliphatic rings. The lowest BCUT2D eigenvalue weighted by molar-refractivity contribution is 0.414. The third-order valence-electron chi connectivity index (χ3n) is 5.86. The zero-order chi connectivity index (χ0) is 24.6. The molecular formula is C27H23N3O4S. The number of benzene rings is 3. The molecule has 176 valence electrons. The van der Waals surface area contributed by atoms with Crippen molar-refractivity contribution < 1.29 is 17.7 Å². The average molecular weight is 486 g/mol. The number of rotatable bonds is 6. The summed E-state index contributed by atoms with van der Waals surface area (Å²) < 4.78 is 39.9. The minimum atomic E-state index is -4.09. The Bertz CT molecular complexity index is 1630. The predicted octanol–water partition coefficient (Wildman–Crippen LogP) is 6.04. The Morgan fingerprint density at radius 2 is 1.80 bits per heavy atom. The van der Waals surface area contributed by atoms with Gasteiger partial charge in [0.15, 0.2) is 5.82 Å². The number of pyridine rings is 1. The van der Waals surface area contributed by atoms with E-state index in [0.717, 1.165) is 37.3 Å². The van der Waals surface area contributed by atoms with E-state index in [9.17, 15) is 8.42 Å². The smallest absolute Gasteiger partial charge is 0.270 e. The Labute approximate surface area is 203 Å². The normalized spacial score (nSPS) is 11.5. The van der Waals surface area contributed by atoms with Crippen LogP contribution in [0.5, 0.6) is 5.75 Å². The van der Waals surface area contributed by atoms with Crippen molar-refractivity contribution in [2.24, 2.45) is 0 Å². The van der Waals surface area contributed by atoms with E-state index in [2.05, 4.69) is 16.2 Å². The second kappa shape index (κ2) is 8.88. The SMILES string of the molecule is COc1cc(-c2cccc(C)c2)c(C)cc1N(c1ccon1)S(=O)(=O)c1ccc2cnccc2c1. The lowest BCUT2D eigenvalue weighted by atomic mass is 9.98. The van der Waals surface area contributed by atoms with Gasteiger partial charge in [0, 0.05) is 23.8 Å². The summed E-state index contributed by atoms with van der Waals surface area (Å²) in [5.41, 5.74) is 4.32. The summed E-state index contributed by atoms with van der Waals surface area (Å²) in [6.07, 6.45) is 4.66. The molecule has 0 saturated heterocycles. The number of aryl methyl sites for hydroxylation is 2. The average Bonchev–Trinajstić information content (AvgIpc) is 3.38. The standard InChI is InChI=1S/C27H23N3O4S/c1-18-5-4-6-21(13-18)24-16-26(33-3)25(14-19(24)2)30(27-10-12-34-29-27)35(31,32)23-8-7-22-17-28-11-9-20(22)15-23/h4-17H,1-3H3. The van der Waals surface area contributed by atoms with Crippen molar-refractivity contribution >= 4 is 32.3 Å². The second-order valence-corrected chi connectivity index (χ2v) is 10.0. The van der Waals surface area contributed by atoms with Gasteiger partial charge in [-0.05, 0) is 66.3 Å². The monoisotopic (exact) mass is 485 g/mol. The zero-order valence-corrected chi connectivity index (χ0v) is 20.3. The van der Waals surface area contributed by atoms with E-state index >= 15 is 0 Å². The predicted molar refractivity (Wildman–Crippen MR) is 135 cm³/mol. The molecule has 2 heterocycles. The molecule has 0 saturated carbocycles. The van der Waals surface area contributed by atoms with Crippen LogP contribution in [0.1, 0.15) is 11.1 Å². The van der Waals surface area contributed by atoms with Crippen LogP contribution >= 0.6 is 0 Å².